The van der Waals surface area contributed by atoms with Gasteiger partial charge in [0.1, 0.15) is 6.04 Å². The van der Waals surface area contributed by atoms with Crippen LogP contribution in [0.4, 0.5) is 0 Å². The number of hydrogen-bond donors (Lipinski definition) is 1. The van der Waals surface area contributed by atoms with E-state index in [1.807, 2.05) is 0 Å². The number of amides is 2. The van der Waals surface area contributed by atoms with Gasteiger partial charge < -0.3 is 10.2 Å². The molecule has 196 valence electrons. The Hall–Kier alpha value is -2.13. The molecule has 1 unspecified atom stereocenters. The number of benzene rings is 2. The highest BCUT2D eigenvalue weighted by Crippen LogP contribution is 2.27. The van der Waals surface area contributed by atoms with Gasteiger partial charge in [-0.25, -0.2) is 12.7 Å². The van der Waals surface area contributed by atoms with Crippen molar-refractivity contribution >= 4 is 45.0 Å². The van der Waals surface area contributed by atoms with E-state index in [1.165, 1.54) is 28.4 Å². The first-order chi connectivity index (χ1) is 17.1. The predicted molar refractivity (Wildman–Crippen MR) is 142 cm³/mol. The zero-order valence-corrected chi connectivity index (χ0v) is 23.0. The van der Waals surface area contributed by atoms with Crippen LogP contribution in [0.1, 0.15) is 51.0 Å². The molecule has 0 heterocycles. The van der Waals surface area contributed by atoms with Crippen LogP contribution in [0.25, 0.3) is 0 Å². The second-order valence-corrected chi connectivity index (χ2v) is 12.0. The fourth-order valence-electron chi connectivity index (χ4n) is 4.32. The molecule has 1 atom stereocenters. The Balaban J connectivity index is 1.69. The molecule has 0 saturated heterocycles. The Labute approximate surface area is 223 Å². The first-order valence-corrected chi connectivity index (χ1v) is 14.3. The summed E-state index contributed by atoms with van der Waals surface area (Å²) in [6, 6.07) is 12.7. The lowest BCUT2D eigenvalue weighted by molar-refractivity contribution is -0.141. The average Bonchev–Trinajstić information content (AvgIpc) is 3.37. The molecule has 10 heteroatoms. The highest BCUT2D eigenvalue weighted by Gasteiger charge is 2.29. The Kier molecular flexibility index (Phi) is 10.2. The summed E-state index contributed by atoms with van der Waals surface area (Å²) in [5, 5.41) is 3.88. The number of halogens is 2. The first-order valence-electron chi connectivity index (χ1n) is 12.2. The second kappa shape index (κ2) is 12.9. The van der Waals surface area contributed by atoms with Gasteiger partial charge in [0.15, 0.2) is 0 Å². The standard InChI is InChI=1S/C26H33Cl2N3O4S/c1-19(26(33)29-20-10-6-7-11-20)31(18-22-23(27)14-8-15-24(22)28)25(32)16-9-17-30(2)36(34,35)21-12-4-3-5-13-21/h3-5,8,12-15,19-20H,6-7,9-11,16-18H2,1-2H3,(H,29,33). The molecule has 1 saturated carbocycles. The van der Waals surface area contributed by atoms with Gasteiger partial charge in [0, 0.05) is 48.2 Å². The van der Waals surface area contributed by atoms with Gasteiger partial charge in [-0.05, 0) is 50.5 Å². The molecule has 0 bridgehead atoms. The van der Waals surface area contributed by atoms with Gasteiger partial charge in [0.25, 0.3) is 0 Å². The Morgan fingerprint density at radius 2 is 1.64 bits per heavy atom. The quantitative estimate of drug-likeness (QED) is 0.430. The molecule has 1 N–H and O–H groups in total. The highest BCUT2D eigenvalue weighted by molar-refractivity contribution is 7.89. The van der Waals surface area contributed by atoms with E-state index in [0.29, 0.717) is 22.0 Å². The van der Waals surface area contributed by atoms with E-state index >= 15 is 0 Å². The zero-order chi connectivity index (χ0) is 26.3. The van der Waals surface area contributed by atoms with Crippen LogP contribution < -0.4 is 5.32 Å². The summed E-state index contributed by atoms with van der Waals surface area (Å²) in [7, 11) is -2.16. The summed E-state index contributed by atoms with van der Waals surface area (Å²) in [5.41, 5.74) is 0.568. The van der Waals surface area contributed by atoms with E-state index in [-0.39, 0.29) is 42.3 Å². The molecule has 1 aliphatic rings. The molecule has 3 rings (SSSR count). The molecule has 36 heavy (non-hydrogen) atoms. The molecular weight excluding hydrogens is 521 g/mol. The van der Waals surface area contributed by atoms with E-state index in [9.17, 15) is 18.0 Å². The minimum absolute atomic E-state index is 0.0672. The van der Waals surface area contributed by atoms with Crippen LogP contribution in [0.3, 0.4) is 0 Å². The van der Waals surface area contributed by atoms with E-state index in [4.69, 9.17) is 23.2 Å². The first kappa shape index (κ1) is 28.4. The summed E-state index contributed by atoms with van der Waals surface area (Å²) in [6.45, 7) is 1.93. The largest absolute Gasteiger partial charge is 0.352 e. The van der Waals surface area contributed by atoms with Crippen molar-refractivity contribution in [3.8, 4) is 0 Å². The average molecular weight is 555 g/mol. The molecule has 1 aliphatic carbocycles. The summed E-state index contributed by atoms with van der Waals surface area (Å²) < 4.78 is 26.8. The smallest absolute Gasteiger partial charge is 0.242 e. The van der Waals surface area contributed by atoms with Gasteiger partial charge >= 0.3 is 0 Å². The number of sulfonamides is 1. The molecule has 2 aromatic carbocycles. The van der Waals surface area contributed by atoms with Crippen molar-refractivity contribution in [2.24, 2.45) is 0 Å². The Morgan fingerprint density at radius 3 is 2.25 bits per heavy atom. The van der Waals surface area contributed by atoms with Gasteiger partial charge in [0.05, 0.1) is 4.90 Å². The normalized spacial score (nSPS) is 15.1. The van der Waals surface area contributed by atoms with Gasteiger partial charge in [-0.3, -0.25) is 9.59 Å². The molecule has 0 radical (unpaired) electrons. The van der Waals surface area contributed by atoms with Crippen molar-refractivity contribution in [1.82, 2.24) is 14.5 Å². The van der Waals surface area contributed by atoms with Crippen LogP contribution in [0.15, 0.2) is 53.4 Å². The van der Waals surface area contributed by atoms with E-state index < -0.39 is 16.1 Å². The number of nitrogens with zero attached hydrogens (tertiary/aromatic N) is 2. The maximum Gasteiger partial charge on any atom is 0.242 e. The third-order valence-electron chi connectivity index (χ3n) is 6.57. The van der Waals surface area contributed by atoms with Crippen molar-refractivity contribution < 1.29 is 18.0 Å². The van der Waals surface area contributed by atoms with Crippen molar-refractivity contribution in [3.05, 3.63) is 64.1 Å². The summed E-state index contributed by atoms with van der Waals surface area (Å²) >= 11 is 12.7. The third-order valence-corrected chi connectivity index (χ3v) is 9.15. The highest BCUT2D eigenvalue weighted by atomic mass is 35.5. The Bertz CT molecular complexity index is 1130. The zero-order valence-electron chi connectivity index (χ0n) is 20.6. The summed E-state index contributed by atoms with van der Waals surface area (Å²) in [4.78, 5) is 28.0. The summed E-state index contributed by atoms with van der Waals surface area (Å²) in [6.07, 6.45) is 4.39. The molecular formula is C26H33Cl2N3O4S. The second-order valence-electron chi connectivity index (χ2n) is 9.13. The lowest BCUT2D eigenvalue weighted by Gasteiger charge is -2.30. The maximum absolute atomic E-state index is 13.3. The van der Waals surface area contributed by atoms with Crippen molar-refractivity contribution in [1.29, 1.82) is 0 Å². The SMILES string of the molecule is CC(C(=O)NC1CCCC1)N(Cc1c(Cl)cccc1Cl)C(=O)CCCN(C)S(=O)(=O)c1ccccc1. The molecule has 2 amide bonds. The Morgan fingerprint density at radius 1 is 1.03 bits per heavy atom. The maximum atomic E-state index is 13.3. The van der Waals surface area contributed by atoms with Crippen molar-refractivity contribution in [2.45, 2.75) is 69.0 Å². The van der Waals surface area contributed by atoms with Crippen LogP contribution in [0.5, 0.6) is 0 Å². The molecule has 1 fully saturated rings. The van der Waals surface area contributed by atoms with E-state index in [1.54, 1.807) is 43.3 Å². The van der Waals surface area contributed by atoms with Crippen LogP contribution in [0.2, 0.25) is 10.0 Å². The molecule has 0 spiro atoms. The number of carbonyl (C=O) groups excluding carboxylic acids is 2. The lowest BCUT2D eigenvalue weighted by Crippen LogP contribution is -2.49. The van der Waals surface area contributed by atoms with Crippen molar-refractivity contribution in [3.63, 3.8) is 0 Å². The minimum Gasteiger partial charge on any atom is -0.352 e. The predicted octanol–water partition coefficient (Wildman–Crippen LogP) is 4.87. The molecule has 7 nitrogen and oxygen atoms in total. The monoisotopic (exact) mass is 553 g/mol. The van der Waals surface area contributed by atoms with E-state index in [2.05, 4.69) is 5.32 Å². The van der Waals surface area contributed by atoms with Gasteiger partial charge in [-0.1, -0.05) is 60.3 Å². The van der Waals surface area contributed by atoms with Crippen LogP contribution in [-0.2, 0) is 26.2 Å². The number of nitrogens with one attached hydrogen (secondary N) is 1. The third kappa shape index (κ3) is 7.22. The summed E-state index contributed by atoms with van der Waals surface area (Å²) in [5.74, 6) is -0.493. The fourth-order valence-corrected chi connectivity index (χ4v) is 6.06. The van der Waals surface area contributed by atoms with Crippen LogP contribution in [-0.4, -0.2) is 55.1 Å². The number of rotatable bonds is 11. The van der Waals surface area contributed by atoms with Gasteiger partial charge in [-0.2, -0.15) is 0 Å². The van der Waals surface area contributed by atoms with Gasteiger partial charge in [-0.15, -0.1) is 0 Å². The van der Waals surface area contributed by atoms with Gasteiger partial charge in [0.2, 0.25) is 21.8 Å². The topological polar surface area (TPSA) is 86.8 Å². The van der Waals surface area contributed by atoms with Crippen LogP contribution >= 0.6 is 23.2 Å². The van der Waals surface area contributed by atoms with E-state index in [0.717, 1.165) is 25.7 Å². The number of hydrogen-bond acceptors (Lipinski definition) is 4. The molecule has 0 aromatic heterocycles. The fraction of sp³-hybridized carbons (Fsp3) is 0.462. The molecule has 0 aliphatic heterocycles. The lowest BCUT2D eigenvalue weighted by atomic mass is 10.1. The minimum atomic E-state index is -3.65. The number of carbonyl (C=O) groups is 2. The molecule has 2 aromatic rings. The van der Waals surface area contributed by atoms with Crippen LogP contribution in [0, 0.1) is 0 Å². The van der Waals surface area contributed by atoms with Crippen molar-refractivity contribution in [2.75, 3.05) is 13.6 Å².